The molecule has 4 fully saturated rings. The van der Waals surface area contributed by atoms with Gasteiger partial charge in [0.25, 0.3) is 0 Å². The van der Waals surface area contributed by atoms with Gasteiger partial charge in [0.05, 0.1) is 12.2 Å². The third-order valence-corrected chi connectivity index (χ3v) is 8.02. The highest BCUT2D eigenvalue weighted by molar-refractivity contribution is 5.79. The Morgan fingerprint density at radius 3 is 2.76 bits per heavy atom. The van der Waals surface area contributed by atoms with Crippen LogP contribution >= 0.6 is 0 Å². The second-order valence-electron chi connectivity index (χ2n) is 8.82. The fraction of sp³-hybridized carbons (Fsp3) is 0.944. The van der Waals surface area contributed by atoms with Crippen LogP contribution in [0.2, 0.25) is 0 Å². The SMILES string of the molecule is C[C@]12CCC(=O)C[C@H]1CC[C@@]13CC(CC[C@H]12)[C@@](O)(CO)C3. The lowest BCUT2D eigenvalue weighted by molar-refractivity contribution is -0.139. The van der Waals surface area contributed by atoms with Crippen LogP contribution in [0.15, 0.2) is 0 Å². The summed E-state index contributed by atoms with van der Waals surface area (Å²) in [4.78, 5) is 11.9. The average molecular weight is 292 g/mol. The minimum atomic E-state index is -0.831. The zero-order valence-electron chi connectivity index (χ0n) is 13.1. The molecule has 0 heterocycles. The largest absolute Gasteiger partial charge is 0.393 e. The summed E-state index contributed by atoms with van der Waals surface area (Å²) in [5.41, 5.74) is -0.299. The highest BCUT2D eigenvalue weighted by Gasteiger charge is 2.65. The lowest BCUT2D eigenvalue weighted by Gasteiger charge is -2.59. The number of ketones is 1. The molecule has 0 radical (unpaired) electrons. The van der Waals surface area contributed by atoms with Gasteiger partial charge in [-0.3, -0.25) is 4.79 Å². The van der Waals surface area contributed by atoms with Crippen LogP contribution in [0.5, 0.6) is 0 Å². The lowest BCUT2D eigenvalue weighted by atomic mass is 9.45. The van der Waals surface area contributed by atoms with Crippen LogP contribution in [0.1, 0.15) is 64.7 Å². The number of hydrogen-bond acceptors (Lipinski definition) is 3. The van der Waals surface area contributed by atoms with Crippen molar-refractivity contribution in [2.75, 3.05) is 6.61 Å². The van der Waals surface area contributed by atoms with Crippen molar-refractivity contribution in [3.63, 3.8) is 0 Å². The van der Waals surface area contributed by atoms with Gasteiger partial charge in [-0.1, -0.05) is 6.92 Å². The summed E-state index contributed by atoms with van der Waals surface area (Å²) in [7, 11) is 0. The Morgan fingerprint density at radius 2 is 2.00 bits per heavy atom. The Hall–Kier alpha value is -0.410. The van der Waals surface area contributed by atoms with Gasteiger partial charge in [-0.05, 0) is 73.5 Å². The van der Waals surface area contributed by atoms with E-state index in [4.69, 9.17) is 0 Å². The van der Waals surface area contributed by atoms with Gasteiger partial charge in [0, 0.05) is 12.8 Å². The second kappa shape index (κ2) is 4.32. The number of aliphatic hydroxyl groups excluding tert-OH is 1. The van der Waals surface area contributed by atoms with E-state index in [-0.39, 0.29) is 17.4 Å². The quantitative estimate of drug-likeness (QED) is 0.781. The first-order valence-corrected chi connectivity index (χ1v) is 8.77. The van der Waals surface area contributed by atoms with Crippen LogP contribution in [-0.4, -0.2) is 28.2 Å². The molecule has 118 valence electrons. The van der Waals surface area contributed by atoms with Gasteiger partial charge in [0.15, 0.2) is 0 Å². The standard InChI is InChI=1S/C18H28O3/c1-16-6-5-14(20)8-12(16)4-7-17-9-13(2-3-15(16)17)18(21,10-17)11-19/h12-13,15,19,21H,2-11H2,1H3/t12-,13?,15+,16+,17+,18+/m1/s1. The number of aliphatic hydroxyl groups is 2. The molecule has 2 N–H and O–H groups in total. The molecule has 4 saturated carbocycles. The molecule has 3 heteroatoms. The fourth-order valence-corrected chi connectivity index (χ4v) is 6.97. The molecule has 6 atom stereocenters. The van der Waals surface area contributed by atoms with Crippen molar-refractivity contribution < 1.29 is 15.0 Å². The maximum Gasteiger partial charge on any atom is 0.133 e. The van der Waals surface area contributed by atoms with E-state index in [1.807, 2.05) is 0 Å². The molecule has 0 aromatic heterocycles. The zero-order chi connectivity index (χ0) is 14.9. The summed E-state index contributed by atoms with van der Waals surface area (Å²) >= 11 is 0. The molecule has 1 unspecified atom stereocenters. The van der Waals surface area contributed by atoms with E-state index in [1.54, 1.807) is 0 Å². The first-order valence-electron chi connectivity index (χ1n) is 8.77. The molecular weight excluding hydrogens is 264 g/mol. The molecule has 0 aliphatic heterocycles. The Bertz CT molecular complexity index is 475. The predicted octanol–water partition coefficient (Wildman–Crippen LogP) is 2.69. The van der Waals surface area contributed by atoms with E-state index in [0.29, 0.717) is 23.5 Å². The van der Waals surface area contributed by atoms with Gasteiger partial charge in [-0.25, -0.2) is 0 Å². The van der Waals surface area contributed by atoms with E-state index in [1.165, 1.54) is 6.42 Å². The molecule has 3 nitrogen and oxygen atoms in total. The van der Waals surface area contributed by atoms with E-state index in [2.05, 4.69) is 6.92 Å². The Kier molecular flexibility index (Phi) is 2.92. The summed E-state index contributed by atoms with van der Waals surface area (Å²) in [5.74, 6) is 1.96. The van der Waals surface area contributed by atoms with Gasteiger partial charge in [0.2, 0.25) is 0 Å². The monoisotopic (exact) mass is 292 g/mol. The second-order valence-corrected chi connectivity index (χ2v) is 8.82. The topological polar surface area (TPSA) is 57.5 Å². The van der Waals surface area contributed by atoms with Crippen LogP contribution in [-0.2, 0) is 4.79 Å². The molecule has 0 saturated heterocycles. The predicted molar refractivity (Wildman–Crippen MR) is 79.6 cm³/mol. The van der Waals surface area contributed by atoms with Crippen molar-refractivity contribution in [1.82, 2.24) is 0 Å². The van der Waals surface area contributed by atoms with Crippen LogP contribution in [0, 0.1) is 28.6 Å². The molecule has 4 rings (SSSR count). The molecule has 2 bridgehead atoms. The summed E-state index contributed by atoms with van der Waals surface area (Å²) in [6.07, 6.45) is 9.03. The number of carbonyl (C=O) groups excluding carboxylic acids is 1. The van der Waals surface area contributed by atoms with Crippen molar-refractivity contribution in [2.24, 2.45) is 28.6 Å². The third kappa shape index (κ3) is 1.77. The number of carbonyl (C=O) groups is 1. The summed E-state index contributed by atoms with van der Waals surface area (Å²) < 4.78 is 0. The average Bonchev–Trinajstić information content (AvgIpc) is 2.68. The first kappa shape index (κ1) is 14.2. The van der Waals surface area contributed by atoms with E-state index >= 15 is 0 Å². The number of fused-ring (bicyclic) bond motifs is 3. The van der Waals surface area contributed by atoms with Crippen LogP contribution in [0.25, 0.3) is 0 Å². The number of hydrogen-bond donors (Lipinski definition) is 2. The summed E-state index contributed by atoms with van der Waals surface area (Å²) in [6.45, 7) is 2.34. The molecule has 4 aliphatic rings. The van der Waals surface area contributed by atoms with E-state index in [9.17, 15) is 15.0 Å². The van der Waals surface area contributed by atoms with Crippen molar-refractivity contribution in [3.8, 4) is 0 Å². The molecule has 0 amide bonds. The van der Waals surface area contributed by atoms with E-state index < -0.39 is 5.60 Å². The van der Waals surface area contributed by atoms with Crippen LogP contribution < -0.4 is 0 Å². The molecule has 0 aromatic carbocycles. The van der Waals surface area contributed by atoms with Crippen LogP contribution in [0.3, 0.4) is 0 Å². The normalized spacial score (nSPS) is 56.0. The first-order chi connectivity index (χ1) is 9.92. The Labute approximate surface area is 127 Å². The summed E-state index contributed by atoms with van der Waals surface area (Å²) in [5, 5.41) is 20.5. The third-order valence-electron chi connectivity index (χ3n) is 8.02. The van der Waals surface area contributed by atoms with Crippen molar-refractivity contribution in [3.05, 3.63) is 0 Å². The Morgan fingerprint density at radius 1 is 1.19 bits per heavy atom. The van der Waals surface area contributed by atoms with Crippen molar-refractivity contribution in [2.45, 2.75) is 70.3 Å². The molecule has 1 spiro atoms. The smallest absolute Gasteiger partial charge is 0.133 e. The summed E-state index contributed by atoms with van der Waals surface area (Å²) in [6, 6.07) is 0. The molecular formula is C18H28O3. The van der Waals surface area contributed by atoms with Gasteiger partial charge >= 0.3 is 0 Å². The zero-order valence-corrected chi connectivity index (χ0v) is 13.1. The molecule has 0 aromatic rings. The minimum absolute atomic E-state index is 0.0786. The Balaban J connectivity index is 1.69. The maximum absolute atomic E-state index is 11.9. The van der Waals surface area contributed by atoms with Crippen molar-refractivity contribution in [1.29, 1.82) is 0 Å². The number of rotatable bonds is 1. The highest BCUT2D eigenvalue weighted by Crippen LogP contribution is 2.70. The molecule has 21 heavy (non-hydrogen) atoms. The molecule has 4 aliphatic carbocycles. The van der Waals surface area contributed by atoms with Gasteiger partial charge < -0.3 is 10.2 Å². The fourth-order valence-electron chi connectivity index (χ4n) is 6.97. The van der Waals surface area contributed by atoms with Gasteiger partial charge in [0.1, 0.15) is 5.78 Å². The lowest BCUT2D eigenvalue weighted by Crippen LogP contribution is -2.52. The van der Waals surface area contributed by atoms with Crippen LogP contribution in [0.4, 0.5) is 0 Å². The minimum Gasteiger partial charge on any atom is -0.393 e. The van der Waals surface area contributed by atoms with Gasteiger partial charge in [-0.2, -0.15) is 0 Å². The number of Topliss-reactive ketones (excluding diaryl/α,β-unsaturated/α-hetero) is 1. The van der Waals surface area contributed by atoms with E-state index in [0.717, 1.165) is 51.4 Å². The highest BCUT2D eigenvalue weighted by atomic mass is 16.3. The van der Waals surface area contributed by atoms with Gasteiger partial charge in [-0.15, -0.1) is 0 Å². The maximum atomic E-state index is 11.9. The van der Waals surface area contributed by atoms with Crippen molar-refractivity contribution >= 4 is 5.78 Å².